The van der Waals surface area contributed by atoms with E-state index in [2.05, 4.69) is 4.98 Å². The Morgan fingerprint density at radius 3 is 2.81 bits per heavy atom. The van der Waals surface area contributed by atoms with Crippen molar-refractivity contribution in [2.24, 2.45) is 0 Å². The quantitative estimate of drug-likeness (QED) is 0.724. The van der Waals surface area contributed by atoms with Crippen molar-refractivity contribution in [1.29, 1.82) is 0 Å². The molecule has 1 heterocycles. The highest BCUT2D eigenvalue weighted by Crippen LogP contribution is 2.24. The zero-order valence-electron chi connectivity index (χ0n) is 10.7. The van der Waals surface area contributed by atoms with Gasteiger partial charge in [-0.3, -0.25) is 4.79 Å². The van der Waals surface area contributed by atoms with Crippen molar-refractivity contribution in [1.82, 2.24) is 10.3 Å². The van der Waals surface area contributed by atoms with Gasteiger partial charge in [0, 0.05) is 22.5 Å². The molecule has 6 heteroatoms. The highest BCUT2D eigenvalue weighted by Gasteiger charge is 2.17. The molecule has 0 bridgehead atoms. The van der Waals surface area contributed by atoms with Crippen LogP contribution in [0.3, 0.4) is 0 Å². The van der Waals surface area contributed by atoms with Crippen molar-refractivity contribution in [2.75, 3.05) is 6.98 Å². The van der Waals surface area contributed by atoms with E-state index in [1.807, 2.05) is 0 Å². The maximum absolute atomic E-state index is 13.4. The number of amides is 1. The highest BCUT2D eigenvalue weighted by atomic mass is 19.2. The zero-order valence-corrected chi connectivity index (χ0v) is 7.70. The van der Waals surface area contributed by atoms with Gasteiger partial charge in [-0.15, -0.1) is 0 Å². The van der Waals surface area contributed by atoms with Gasteiger partial charge in [0.05, 0.1) is 5.52 Å². The number of nitrogens with one attached hydrogen (secondary N) is 2. The van der Waals surface area contributed by atoms with Gasteiger partial charge >= 0.3 is 0 Å². The lowest BCUT2D eigenvalue weighted by Crippen LogP contribution is -2.17. The largest absolute Gasteiger partial charge is 0.354 e. The first-order chi connectivity index (χ1) is 8.69. The van der Waals surface area contributed by atoms with E-state index in [1.54, 1.807) is 5.32 Å². The number of fused-ring (bicyclic) bond motifs is 1. The van der Waals surface area contributed by atoms with Crippen molar-refractivity contribution < 1.29 is 22.1 Å². The summed E-state index contributed by atoms with van der Waals surface area (Å²) in [5.74, 6) is -4.88. The molecule has 16 heavy (non-hydrogen) atoms. The van der Waals surface area contributed by atoms with Gasteiger partial charge in [-0.05, 0) is 6.07 Å². The molecule has 0 saturated carbocycles. The van der Waals surface area contributed by atoms with E-state index >= 15 is 0 Å². The minimum Gasteiger partial charge on any atom is -0.354 e. The van der Waals surface area contributed by atoms with Crippen LogP contribution in [0, 0.1) is 17.5 Å². The number of H-pyrrole nitrogens is 1. The molecular weight excluding hydrogens is 221 g/mol. The predicted octanol–water partition coefficient (Wildman–Crippen LogP) is 1.94. The van der Waals surface area contributed by atoms with Crippen LogP contribution in [-0.4, -0.2) is 17.9 Å². The summed E-state index contributed by atoms with van der Waals surface area (Å²) in [7, 11) is 0. The second kappa shape index (κ2) is 3.55. The van der Waals surface area contributed by atoms with Crippen molar-refractivity contribution in [2.45, 2.75) is 0 Å². The molecule has 0 unspecified atom stereocenters. The van der Waals surface area contributed by atoms with Gasteiger partial charge in [0.1, 0.15) is 11.5 Å². The van der Waals surface area contributed by atoms with Gasteiger partial charge < -0.3 is 10.3 Å². The van der Waals surface area contributed by atoms with Crippen molar-refractivity contribution in [3.8, 4) is 0 Å². The van der Waals surface area contributed by atoms with Crippen LogP contribution in [0.5, 0.6) is 0 Å². The van der Waals surface area contributed by atoms with Crippen LogP contribution < -0.4 is 5.32 Å². The lowest BCUT2D eigenvalue weighted by molar-refractivity contribution is 0.0959. The monoisotopic (exact) mass is 231 g/mol. The predicted molar refractivity (Wildman–Crippen MR) is 51.6 cm³/mol. The number of aromatic nitrogens is 1. The number of carbonyl (C=O) groups is 1. The first-order valence-corrected chi connectivity index (χ1v) is 4.18. The average molecular weight is 231 g/mol. The maximum Gasteiger partial charge on any atom is 0.267 e. The summed E-state index contributed by atoms with van der Waals surface area (Å²) in [6.07, 6.45) is 0. The van der Waals surface area contributed by atoms with Crippen molar-refractivity contribution in [3.05, 3.63) is 35.3 Å². The maximum atomic E-state index is 13.4. The van der Waals surface area contributed by atoms with E-state index in [4.69, 9.17) is 4.11 Å². The fourth-order valence-electron chi connectivity index (χ4n) is 1.38. The molecular formula is C10H7F3N2O. The fourth-order valence-corrected chi connectivity index (χ4v) is 1.38. The van der Waals surface area contributed by atoms with E-state index in [0.29, 0.717) is 6.07 Å². The molecule has 0 aliphatic carbocycles. The first kappa shape index (κ1) is 7.32. The molecule has 0 saturated heterocycles. The van der Waals surface area contributed by atoms with Crippen LogP contribution in [-0.2, 0) is 0 Å². The summed E-state index contributed by atoms with van der Waals surface area (Å²) in [5, 5.41) is 1.30. The van der Waals surface area contributed by atoms with Gasteiger partial charge in [0.15, 0.2) is 11.6 Å². The molecule has 1 aromatic heterocycles. The lowest BCUT2D eigenvalue weighted by atomic mass is 10.2. The number of benzene rings is 1. The molecule has 2 aromatic rings. The lowest BCUT2D eigenvalue weighted by Gasteiger charge is -1.96. The van der Waals surface area contributed by atoms with Crippen LogP contribution in [0.1, 0.15) is 14.6 Å². The Balaban J connectivity index is 2.51. The van der Waals surface area contributed by atoms with E-state index in [9.17, 15) is 18.0 Å². The third-order valence-electron chi connectivity index (χ3n) is 2.12. The summed E-state index contributed by atoms with van der Waals surface area (Å²) in [6.45, 7) is -2.74. The Hall–Kier alpha value is -1.98. The first-order valence-electron chi connectivity index (χ1n) is 5.68. The van der Waals surface area contributed by atoms with Crippen LogP contribution >= 0.6 is 0 Å². The number of rotatable bonds is 1. The molecule has 0 fully saturated rings. The Bertz CT molecular complexity index is 666. The average Bonchev–Trinajstić information content (AvgIpc) is 2.69. The summed E-state index contributed by atoms with van der Waals surface area (Å²) in [5.41, 5.74) is -0.914. The minimum absolute atomic E-state index is 0.338. The highest BCUT2D eigenvalue weighted by molar-refractivity contribution is 5.98. The molecule has 2 N–H and O–H groups in total. The zero-order chi connectivity index (χ0) is 14.4. The van der Waals surface area contributed by atoms with Gasteiger partial charge in [-0.1, -0.05) is 0 Å². The third kappa shape index (κ3) is 1.42. The molecule has 3 nitrogen and oxygen atoms in total. The topological polar surface area (TPSA) is 44.9 Å². The van der Waals surface area contributed by atoms with Gasteiger partial charge in [0.2, 0.25) is 0 Å². The normalized spacial score (nSPS) is 14.3. The Labute approximate surface area is 92.5 Å². The molecule has 0 aliphatic heterocycles. The summed E-state index contributed by atoms with van der Waals surface area (Å²) in [6, 6.07) is 1.26. The van der Waals surface area contributed by atoms with Gasteiger partial charge in [-0.2, -0.15) is 0 Å². The van der Waals surface area contributed by atoms with Crippen LogP contribution in [0.4, 0.5) is 13.2 Å². The van der Waals surface area contributed by atoms with Crippen LogP contribution in [0.2, 0.25) is 0 Å². The number of halogens is 3. The summed E-state index contributed by atoms with van der Waals surface area (Å²) >= 11 is 0. The number of hydrogen-bond donors (Lipinski definition) is 2. The summed E-state index contributed by atoms with van der Waals surface area (Å²) < 4.78 is 60.2. The standard InChI is InChI=1S/C10H7F3N2O/c1-14-10(16)7-2-4-5(11)3-6(12)8(13)9(4)15-7/h2-3,15H,1H3,(H,14,16)/i1D3. The smallest absolute Gasteiger partial charge is 0.267 e. The number of aromatic amines is 1. The second-order valence-electron chi connectivity index (χ2n) is 3.08. The summed E-state index contributed by atoms with van der Waals surface area (Å²) in [4.78, 5) is 13.6. The van der Waals surface area contributed by atoms with E-state index in [1.165, 1.54) is 0 Å². The molecule has 84 valence electrons. The van der Waals surface area contributed by atoms with Crippen molar-refractivity contribution >= 4 is 16.8 Å². The minimum atomic E-state index is -2.74. The Kier molecular flexibility index (Phi) is 1.62. The molecule has 1 aromatic carbocycles. The fraction of sp³-hybridized carbons (Fsp3) is 0.100. The molecule has 2 rings (SSSR count). The van der Waals surface area contributed by atoms with Gasteiger partial charge in [-0.25, -0.2) is 13.2 Å². The molecule has 0 radical (unpaired) electrons. The molecule has 0 aliphatic rings. The van der Waals surface area contributed by atoms with Crippen LogP contribution in [0.15, 0.2) is 12.1 Å². The number of hydrogen-bond acceptors (Lipinski definition) is 1. The SMILES string of the molecule is [2H]C([2H])([2H])NC(=O)c1cc2c(F)cc(F)c(F)c2[nH]1. The Morgan fingerprint density at radius 2 is 2.12 bits per heavy atom. The van der Waals surface area contributed by atoms with E-state index in [-0.39, 0.29) is 11.1 Å². The van der Waals surface area contributed by atoms with Gasteiger partial charge in [0.25, 0.3) is 5.91 Å². The Morgan fingerprint density at radius 1 is 1.38 bits per heavy atom. The molecule has 1 amide bonds. The van der Waals surface area contributed by atoms with Crippen LogP contribution in [0.25, 0.3) is 10.9 Å². The molecule has 0 spiro atoms. The third-order valence-corrected chi connectivity index (χ3v) is 2.12. The molecule has 0 atom stereocenters. The van der Waals surface area contributed by atoms with E-state index < -0.39 is 35.9 Å². The van der Waals surface area contributed by atoms with E-state index in [0.717, 1.165) is 6.07 Å². The van der Waals surface area contributed by atoms with Crippen molar-refractivity contribution in [3.63, 3.8) is 0 Å². The second-order valence-corrected chi connectivity index (χ2v) is 3.08. The number of carbonyl (C=O) groups excluding carboxylic acids is 1.